The van der Waals surface area contributed by atoms with Crippen LogP contribution in [0.3, 0.4) is 0 Å². The van der Waals surface area contributed by atoms with E-state index in [0.717, 1.165) is 0 Å². The molecule has 1 atom stereocenters. The molecule has 0 aliphatic heterocycles. The molecule has 0 radical (unpaired) electrons. The molecule has 1 aromatic rings. The summed E-state index contributed by atoms with van der Waals surface area (Å²) in [6.45, 7) is 2.05. The fourth-order valence-electron chi connectivity index (χ4n) is 1.35. The van der Waals surface area contributed by atoms with E-state index in [1.54, 1.807) is 6.92 Å². The summed E-state index contributed by atoms with van der Waals surface area (Å²) >= 11 is 3.10. The Morgan fingerprint density at radius 1 is 1.72 bits per heavy atom. The van der Waals surface area contributed by atoms with Crippen molar-refractivity contribution in [3.63, 3.8) is 0 Å². The highest BCUT2D eigenvalue weighted by Crippen LogP contribution is 2.25. The lowest BCUT2D eigenvalue weighted by molar-refractivity contribution is -0.384. The summed E-state index contributed by atoms with van der Waals surface area (Å²) < 4.78 is 0.512. The first-order valence-electron chi connectivity index (χ1n) is 5.15. The summed E-state index contributed by atoms with van der Waals surface area (Å²) in [7, 11) is 0. The van der Waals surface area contributed by atoms with Gasteiger partial charge in [-0.3, -0.25) is 14.9 Å². The first-order chi connectivity index (χ1) is 8.40. The van der Waals surface area contributed by atoms with Crippen LogP contribution in [0.15, 0.2) is 16.7 Å². The Morgan fingerprint density at radius 3 is 2.94 bits per heavy atom. The number of pyridine rings is 1. The smallest absolute Gasteiger partial charge is 0.312 e. The van der Waals surface area contributed by atoms with Gasteiger partial charge in [0.05, 0.1) is 4.92 Å². The van der Waals surface area contributed by atoms with Gasteiger partial charge in [0.2, 0.25) is 5.82 Å². The molecule has 0 aliphatic rings. The molecule has 98 valence electrons. The summed E-state index contributed by atoms with van der Waals surface area (Å²) in [4.78, 5) is 24.7. The summed E-state index contributed by atoms with van der Waals surface area (Å²) in [6, 6.07) is 1.34. The van der Waals surface area contributed by atoms with Gasteiger partial charge >= 0.3 is 11.7 Å². The largest absolute Gasteiger partial charge is 0.481 e. The number of rotatable bonds is 6. The van der Waals surface area contributed by atoms with Crippen LogP contribution in [-0.2, 0) is 4.79 Å². The van der Waals surface area contributed by atoms with Crippen molar-refractivity contribution in [3.8, 4) is 0 Å². The Balaban J connectivity index is 2.72. The summed E-state index contributed by atoms with van der Waals surface area (Å²) in [5.74, 6) is -0.907. The molecule has 1 unspecified atom stereocenters. The normalized spacial score (nSPS) is 11.9. The molecule has 0 aromatic carbocycles. The molecule has 0 saturated heterocycles. The number of carboxylic acids is 1. The quantitative estimate of drug-likeness (QED) is 0.616. The Bertz CT molecular complexity index is 466. The highest BCUT2D eigenvalue weighted by Gasteiger charge is 2.16. The minimum absolute atomic E-state index is 0.00265. The molecule has 2 N–H and O–H groups in total. The van der Waals surface area contributed by atoms with Crippen LogP contribution in [0.5, 0.6) is 0 Å². The molecule has 1 aromatic heterocycles. The molecule has 0 amide bonds. The molecule has 0 bridgehead atoms. The van der Waals surface area contributed by atoms with E-state index in [0.29, 0.717) is 11.0 Å². The minimum atomic E-state index is -0.900. The number of carboxylic acid groups (broad SMARTS) is 1. The molecule has 0 fully saturated rings. The van der Waals surface area contributed by atoms with Crippen molar-refractivity contribution in [2.75, 3.05) is 11.9 Å². The summed E-state index contributed by atoms with van der Waals surface area (Å²) in [5.41, 5.74) is -0.146. The van der Waals surface area contributed by atoms with Gasteiger partial charge in [0, 0.05) is 29.7 Å². The van der Waals surface area contributed by atoms with Gasteiger partial charge < -0.3 is 10.4 Å². The number of nitrogens with one attached hydrogen (secondary N) is 1. The minimum Gasteiger partial charge on any atom is -0.481 e. The first-order valence-corrected chi connectivity index (χ1v) is 5.95. The second kappa shape index (κ2) is 6.29. The van der Waals surface area contributed by atoms with E-state index >= 15 is 0 Å². The molecular weight excluding hydrogens is 306 g/mol. The van der Waals surface area contributed by atoms with Gasteiger partial charge in [-0.1, -0.05) is 6.92 Å². The number of anilines is 1. The molecule has 1 rings (SSSR count). The van der Waals surface area contributed by atoms with Crippen molar-refractivity contribution in [2.24, 2.45) is 5.92 Å². The predicted molar refractivity (Wildman–Crippen MR) is 68.5 cm³/mol. The van der Waals surface area contributed by atoms with E-state index in [9.17, 15) is 14.9 Å². The molecular formula is C10H12BrN3O4. The second-order valence-corrected chi connectivity index (χ2v) is 4.78. The van der Waals surface area contributed by atoms with Crippen molar-refractivity contribution in [3.05, 3.63) is 26.9 Å². The highest BCUT2D eigenvalue weighted by atomic mass is 79.9. The third kappa shape index (κ3) is 4.28. The van der Waals surface area contributed by atoms with Crippen molar-refractivity contribution in [1.82, 2.24) is 4.98 Å². The number of hydrogen-bond donors (Lipinski definition) is 2. The SMILES string of the molecule is CC(CNc1ncc(Br)cc1[N+](=O)[O-])CC(=O)O. The topological polar surface area (TPSA) is 105 Å². The van der Waals surface area contributed by atoms with Gasteiger partial charge in [-0.25, -0.2) is 4.98 Å². The van der Waals surface area contributed by atoms with Gasteiger partial charge in [-0.2, -0.15) is 0 Å². The standard InChI is InChI=1S/C10H12BrN3O4/c1-6(2-9(15)16)4-12-10-8(14(17)18)3-7(11)5-13-10/h3,5-6H,2,4H2,1H3,(H,12,13)(H,15,16). The summed E-state index contributed by atoms with van der Waals surface area (Å²) in [6.07, 6.45) is 1.44. The van der Waals surface area contributed by atoms with Gasteiger partial charge in [0.15, 0.2) is 0 Å². The molecule has 0 spiro atoms. The van der Waals surface area contributed by atoms with Crippen LogP contribution in [0.1, 0.15) is 13.3 Å². The number of carbonyl (C=O) groups is 1. The Kier molecular flexibility index (Phi) is 5.02. The van der Waals surface area contributed by atoms with E-state index in [4.69, 9.17) is 5.11 Å². The van der Waals surface area contributed by atoms with Crippen LogP contribution in [0.4, 0.5) is 11.5 Å². The zero-order valence-electron chi connectivity index (χ0n) is 9.59. The number of nitrogens with zero attached hydrogens (tertiary/aromatic N) is 2. The van der Waals surface area contributed by atoms with E-state index < -0.39 is 10.9 Å². The van der Waals surface area contributed by atoms with Gasteiger partial charge in [0.1, 0.15) is 0 Å². The molecule has 0 saturated carbocycles. The van der Waals surface area contributed by atoms with E-state index in [1.807, 2.05) is 0 Å². The van der Waals surface area contributed by atoms with Crippen LogP contribution in [0.25, 0.3) is 0 Å². The summed E-state index contributed by atoms with van der Waals surface area (Å²) in [5, 5.41) is 22.2. The number of aliphatic carboxylic acids is 1. The second-order valence-electron chi connectivity index (χ2n) is 3.86. The Morgan fingerprint density at radius 2 is 2.39 bits per heavy atom. The van der Waals surface area contributed by atoms with E-state index in [1.165, 1.54) is 12.3 Å². The van der Waals surface area contributed by atoms with Gasteiger partial charge in [-0.05, 0) is 21.8 Å². The average Bonchev–Trinajstić information content (AvgIpc) is 2.26. The maximum atomic E-state index is 10.8. The van der Waals surface area contributed by atoms with Crippen molar-refractivity contribution in [2.45, 2.75) is 13.3 Å². The van der Waals surface area contributed by atoms with E-state index in [-0.39, 0.29) is 23.8 Å². The Labute approximate surface area is 112 Å². The number of halogens is 1. The van der Waals surface area contributed by atoms with Crippen LogP contribution in [0, 0.1) is 16.0 Å². The molecule has 0 aliphatic carbocycles. The van der Waals surface area contributed by atoms with Crippen LogP contribution >= 0.6 is 15.9 Å². The predicted octanol–water partition coefficient (Wildman–Crippen LogP) is 2.27. The van der Waals surface area contributed by atoms with Gasteiger partial charge in [-0.15, -0.1) is 0 Å². The third-order valence-electron chi connectivity index (χ3n) is 2.17. The fourth-order valence-corrected chi connectivity index (χ4v) is 1.66. The van der Waals surface area contributed by atoms with Crippen LogP contribution in [-0.4, -0.2) is 27.5 Å². The monoisotopic (exact) mass is 317 g/mol. The number of nitro groups is 1. The fraction of sp³-hybridized carbons (Fsp3) is 0.400. The highest BCUT2D eigenvalue weighted by molar-refractivity contribution is 9.10. The molecule has 18 heavy (non-hydrogen) atoms. The van der Waals surface area contributed by atoms with E-state index in [2.05, 4.69) is 26.2 Å². The van der Waals surface area contributed by atoms with Crippen molar-refractivity contribution in [1.29, 1.82) is 0 Å². The molecule has 8 heteroatoms. The maximum absolute atomic E-state index is 10.8. The lowest BCUT2D eigenvalue weighted by atomic mass is 10.1. The number of aromatic nitrogens is 1. The first kappa shape index (κ1) is 14.4. The molecule has 1 heterocycles. The van der Waals surface area contributed by atoms with Crippen molar-refractivity contribution < 1.29 is 14.8 Å². The zero-order chi connectivity index (χ0) is 13.7. The van der Waals surface area contributed by atoms with Crippen LogP contribution < -0.4 is 5.32 Å². The lowest BCUT2D eigenvalue weighted by Gasteiger charge is -2.10. The third-order valence-corrected chi connectivity index (χ3v) is 2.61. The maximum Gasteiger partial charge on any atom is 0.312 e. The average molecular weight is 318 g/mol. The zero-order valence-corrected chi connectivity index (χ0v) is 11.2. The Hall–Kier alpha value is -1.70. The lowest BCUT2D eigenvalue weighted by Crippen LogP contribution is -2.16. The van der Waals surface area contributed by atoms with Crippen LogP contribution in [0.2, 0.25) is 0 Å². The number of hydrogen-bond acceptors (Lipinski definition) is 5. The van der Waals surface area contributed by atoms with Crippen molar-refractivity contribution >= 4 is 33.4 Å². The van der Waals surface area contributed by atoms with Gasteiger partial charge in [0.25, 0.3) is 0 Å². The molecule has 7 nitrogen and oxygen atoms in total.